The fourth-order valence-electron chi connectivity index (χ4n) is 3.83. The van der Waals surface area contributed by atoms with Crippen LogP contribution in [0.5, 0.6) is 0 Å². The summed E-state index contributed by atoms with van der Waals surface area (Å²) in [6.45, 7) is 7.79. The summed E-state index contributed by atoms with van der Waals surface area (Å²) in [6, 6.07) is 13.2. The van der Waals surface area contributed by atoms with E-state index in [4.69, 9.17) is 0 Å². The topological polar surface area (TPSA) is 110 Å². The molecule has 182 valence electrons. The Morgan fingerprint density at radius 3 is 2.57 bits per heavy atom. The van der Waals surface area contributed by atoms with Crippen molar-refractivity contribution in [2.24, 2.45) is 0 Å². The Balaban J connectivity index is 1.66. The number of aryl methyl sites for hydroxylation is 3. The van der Waals surface area contributed by atoms with Crippen LogP contribution >= 0.6 is 11.8 Å². The van der Waals surface area contributed by atoms with Crippen molar-refractivity contribution in [1.82, 2.24) is 24.5 Å². The van der Waals surface area contributed by atoms with Crippen LogP contribution in [0.1, 0.15) is 31.4 Å². The van der Waals surface area contributed by atoms with E-state index in [1.165, 1.54) is 16.3 Å². The minimum atomic E-state index is -0.227. The van der Waals surface area contributed by atoms with Crippen LogP contribution in [0.4, 0.5) is 5.69 Å². The molecule has 2 amide bonds. The van der Waals surface area contributed by atoms with Gasteiger partial charge >= 0.3 is 0 Å². The van der Waals surface area contributed by atoms with Gasteiger partial charge < -0.3 is 10.6 Å². The minimum absolute atomic E-state index is 0.0143. The lowest BCUT2D eigenvalue weighted by Gasteiger charge is -2.13. The van der Waals surface area contributed by atoms with Crippen LogP contribution in [0.25, 0.3) is 16.7 Å². The number of thioether (sulfide) groups is 1. The van der Waals surface area contributed by atoms with Gasteiger partial charge in [0.2, 0.25) is 17.6 Å². The lowest BCUT2D eigenvalue weighted by atomic mass is 10.1. The van der Waals surface area contributed by atoms with Crippen LogP contribution in [0.2, 0.25) is 0 Å². The molecule has 2 aromatic heterocycles. The maximum Gasteiger partial charge on any atom is 0.262 e. The molecule has 0 aliphatic carbocycles. The zero-order valence-corrected chi connectivity index (χ0v) is 21.0. The minimum Gasteiger partial charge on any atom is -0.354 e. The SMILES string of the molecule is Cc1ccc2c(c1)c(=O)n(CCC(=O)NC(C)C)c1nnc(SCC(=O)Nc3ccccc3C)n21. The van der Waals surface area contributed by atoms with Gasteiger partial charge in [-0.3, -0.25) is 23.4 Å². The van der Waals surface area contributed by atoms with E-state index in [9.17, 15) is 14.4 Å². The molecule has 0 saturated heterocycles. The van der Waals surface area contributed by atoms with Crippen LogP contribution in [0, 0.1) is 13.8 Å². The van der Waals surface area contributed by atoms with E-state index >= 15 is 0 Å². The molecular weight excluding hydrogens is 464 g/mol. The molecule has 4 rings (SSSR count). The maximum absolute atomic E-state index is 13.3. The first-order valence-electron chi connectivity index (χ1n) is 11.4. The summed E-state index contributed by atoms with van der Waals surface area (Å²) in [5.74, 6) is 0.153. The van der Waals surface area contributed by atoms with Crippen LogP contribution in [-0.4, -0.2) is 42.8 Å². The number of aromatic nitrogens is 4. The number of carbonyl (C=O) groups excluding carboxylic acids is 2. The molecule has 0 aliphatic heterocycles. The zero-order chi connectivity index (χ0) is 25.1. The molecule has 2 heterocycles. The number of fused-ring (bicyclic) bond motifs is 3. The van der Waals surface area contributed by atoms with Crippen molar-refractivity contribution in [2.75, 3.05) is 11.1 Å². The molecule has 35 heavy (non-hydrogen) atoms. The maximum atomic E-state index is 13.3. The van der Waals surface area contributed by atoms with E-state index in [0.717, 1.165) is 16.8 Å². The van der Waals surface area contributed by atoms with Gasteiger partial charge in [0.1, 0.15) is 0 Å². The molecule has 0 bridgehead atoms. The number of hydrogen-bond donors (Lipinski definition) is 2. The van der Waals surface area contributed by atoms with Gasteiger partial charge in [-0.05, 0) is 51.5 Å². The average molecular weight is 493 g/mol. The summed E-state index contributed by atoms with van der Waals surface area (Å²) in [6.07, 6.45) is 0.138. The number of para-hydroxylation sites is 1. The van der Waals surface area contributed by atoms with Crippen molar-refractivity contribution in [3.63, 3.8) is 0 Å². The Morgan fingerprint density at radius 2 is 1.83 bits per heavy atom. The first-order chi connectivity index (χ1) is 16.7. The lowest BCUT2D eigenvalue weighted by molar-refractivity contribution is -0.121. The second kappa shape index (κ2) is 10.3. The Bertz CT molecular complexity index is 1470. The van der Waals surface area contributed by atoms with Crippen molar-refractivity contribution in [1.29, 1.82) is 0 Å². The van der Waals surface area contributed by atoms with E-state index in [2.05, 4.69) is 20.8 Å². The second-order valence-corrected chi connectivity index (χ2v) is 9.66. The van der Waals surface area contributed by atoms with E-state index < -0.39 is 0 Å². The van der Waals surface area contributed by atoms with Crippen LogP contribution in [0.3, 0.4) is 0 Å². The standard InChI is InChI=1S/C25H28N6O3S/c1-15(2)26-21(32)11-12-30-23(34)18-13-16(3)9-10-20(18)31-24(30)28-29-25(31)35-14-22(33)27-19-8-6-5-7-17(19)4/h5-10,13,15H,11-12,14H2,1-4H3,(H,26,32)(H,27,33). The quantitative estimate of drug-likeness (QED) is 0.365. The van der Waals surface area contributed by atoms with E-state index in [1.807, 2.05) is 70.2 Å². The summed E-state index contributed by atoms with van der Waals surface area (Å²) < 4.78 is 3.26. The predicted molar refractivity (Wildman–Crippen MR) is 138 cm³/mol. The van der Waals surface area contributed by atoms with Crippen LogP contribution in [-0.2, 0) is 16.1 Å². The molecular formula is C25H28N6O3S. The molecule has 0 fully saturated rings. The monoisotopic (exact) mass is 492 g/mol. The number of hydrogen-bond acceptors (Lipinski definition) is 6. The van der Waals surface area contributed by atoms with Gasteiger partial charge in [-0.15, -0.1) is 10.2 Å². The van der Waals surface area contributed by atoms with Gasteiger partial charge in [0.25, 0.3) is 5.56 Å². The van der Waals surface area contributed by atoms with Crippen molar-refractivity contribution in [2.45, 2.75) is 51.9 Å². The summed E-state index contributed by atoms with van der Waals surface area (Å²) in [4.78, 5) is 38.2. The van der Waals surface area contributed by atoms with Crippen molar-refractivity contribution < 1.29 is 9.59 Å². The summed E-state index contributed by atoms with van der Waals surface area (Å²) in [5.41, 5.74) is 3.11. The Kier molecular flexibility index (Phi) is 7.20. The molecule has 0 spiro atoms. The molecule has 0 unspecified atom stereocenters. The van der Waals surface area contributed by atoms with Crippen LogP contribution < -0.4 is 16.2 Å². The Labute approximate surface area is 206 Å². The van der Waals surface area contributed by atoms with Crippen molar-refractivity contribution >= 4 is 45.9 Å². The molecule has 0 atom stereocenters. The lowest BCUT2D eigenvalue weighted by Crippen LogP contribution is -2.32. The summed E-state index contributed by atoms with van der Waals surface area (Å²) in [5, 5.41) is 15.3. The molecule has 0 saturated carbocycles. The van der Waals surface area contributed by atoms with Gasteiger partial charge in [-0.1, -0.05) is 41.6 Å². The average Bonchev–Trinajstić information content (AvgIpc) is 3.22. The number of nitrogens with one attached hydrogen (secondary N) is 2. The third-order valence-corrected chi connectivity index (χ3v) is 6.42. The molecule has 4 aromatic rings. The van der Waals surface area contributed by atoms with Gasteiger partial charge in [0.15, 0.2) is 5.16 Å². The number of anilines is 1. The molecule has 0 radical (unpaired) electrons. The molecule has 0 aliphatic rings. The fourth-order valence-corrected chi connectivity index (χ4v) is 4.57. The largest absolute Gasteiger partial charge is 0.354 e. The number of amides is 2. The highest BCUT2D eigenvalue weighted by atomic mass is 32.2. The van der Waals surface area contributed by atoms with Gasteiger partial charge in [0, 0.05) is 24.7 Å². The third-order valence-electron chi connectivity index (χ3n) is 5.49. The number of nitrogens with zero attached hydrogens (tertiary/aromatic N) is 4. The summed E-state index contributed by atoms with van der Waals surface area (Å²) in [7, 11) is 0. The zero-order valence-electron chi connectivity index (χ0n) is 20.2. The van der Waals surface area contributed by atoms with E-state index in [-0.39, 0.29) is 42.1 Å². The van der Waals surface area contributed by atoms with Gasteiger partial charge in [0.05, 0.1) is 16.7 Å². The Morgan fingerprint density at radius 1 is 1.06 bits per heavy atom. The number of benzene rings is 2. The third kappa shape index (κ3) is 5.37. The van der Waals surface area contributed by atoms with Gasteiger partial charge in [-0.2, -0.15) is 0 Å². The molecule has 9 nitrogen and oxygen atoms in total. The predicted octanol–water partition coefficient (Wildman–Crippen LogP) is 3.31. The highest BCUT2D eigenvalue weighted by molar-refractivity contribution is 7.99. The molecule has 2 aromatic carbocycles. The van der Waals surface area contributed by atoms with Gasteiger partial charge in [-0.25, -0.2) is 0 Å². The normalized spacial score (nSPS) is 11.3. The molecule has 2 N–H and O–H groups in total. The van der Waals surface area contributed by atoms with Crippen molar-refractivity contribution in [3.8, 4) is 0 Å². The fraction of sp³-hybridized carbons (Fsp3) is 0.320. The number of rotatable bonds is 8. The smallest absolute Gasteiger partial charge is 0.262 e. The first kappa shape index (κ1) is 24.5. The highest BCUT2D eigenvalue weighted by Gasteiger charge is 2.19. The molecule has 10 heteroatoms. The summed E-state index contributed by atoms with van der Waals surface area (Å²) >= 11 is 1.24. The Hall–Kier alpha value is -3.66. The van der Waals surface area contributed by atoms with Crippen LogP contribution in [0.15, 0.2) is 52.4 Å². The van der Waals surface area contributed by atoms with E-state index in [1.54, 1.807) is 4.40 Å². The first-order valence-corrected chi connectivity index (χ1v) is 12.4. The van der Waals surface area contributed by atoms with Crippen molar-refractivity contribution in [3.05, 3.63) is 63.9 Å². The second-order valence-electron chi connectivity index (χ2n) is 8.72. The highest BCUT2D eigenvalue weighted by Crippen LogP contribution is 2.23. The van der Waals surface area contributed by atoms with E-state index in [0.29, 0.717) is 21.8 Å². The number of carbonyl (C=O) groups is 2.